The number of halogens is 3. The maximum atomic E-state index is 12.1. The highest BCUT2D eigenvalue weighted by Gasteiger charge is 2.42. The third-order valence-corrected chi connectivity index (χ3v) is 3.13. The Hall–Kier alpha value is -1.24. The molecule has 0 fully saturated rings. The highest BCUT2D eigenvalue weighted by molar-refractivity contribution is 7.93. The van der Waals surface area contributed by atoms with Crippen molar-refractivity contribution in [2.45, 2.75) is 10.4 Å². The summed E-state index contributed by atoms with van der Waals surface area (Å²) in [7, 11) is -4.75. The molecule has 0 aliphatic rings. The molecule has 1 atom stereocenters. The number of alkyl halides is 3. The van der Waals surface area contributed by atoms with E-state index in [-0.39, 0.29) is 5.69 Å². The summed E-state index contributed by atoms with van der Waals surface area (Å²) in [5, 5.41) is 0. The molecule has 0 bridgehead atoms. The average Bonchev–Trinajstić information content (AvgIpc) is 2.03. The van der Waals surface area contributed by atoms with Gasteiger partial charge in [-0.1, -0.05) is 0 Å². The van der Waals surface area contributed by atoms with E-state index in [0.717, 1.165) is 12.1 Å². The van der Waals surface area contributed by atoms with Crippen molar-refractivity contribution in [3.8, 4) is 0 Å². The van der Waals surface area contributed by atoms with Crippen LogP contribution in [0.2, 0.25) is 0 Å². The van der Waals surface area contributed by atoms with Crippen LogP contribution in [0, 0.1) is 4.78 Å². The van der Waals surface area contributed by atoms with E-state index in [1.165, 1.54) is 12.1 Å². The second kappa shape index (κ2) is 3.16. The predicted molar refractivity (Wildman–Crippen MR) is 46.0 cm³/mol. The fraction of sp³-hybridized carbons (Fsp3) is 0.143. The van der Waals surface area contributed by atoms with Crippen LogP contribution in [0.4, 0.5) is 18.9 Å². The molecule has 0 amide bonds. The van der Waals surface area contributed by atoms with Gasteiger partial charge >= 0.3 is 5.51 Å². The van der Waals surface area contributed by atoms with E-state index in [1.807, 2.05) is 0 Å². The van der Waals surface area contributed by atoms with Crippen LogP contribution in [0.5, 0.6) is 0 Å². The molecule has 14 heavy (non-hydrogen) atoms. The summed E-state index contributed by atoms with van der Waals surface area (Å²) in [4.78, 5) is -0.584. The molecule has 0 spiro atoms. The second-order valence-corrected chi connectivity index (χ2v) is 4.62. The van der Waals surface area contributed by atoms with Gasteiger partial charge in [-0.15, -0.1) is 0 Å². The summed E-state index contributed by atoms with van der Waals surface area (Å²) in [6.45, 7) is 0. The maximum absolute atomic E-state index is 12.1. The Morgan fingerprint density at radius 1 is 1.21 bits per heavy atom. The Morgan fingerprint density at radius 3 is 2.00 bits per heavy atom. The maximum Gasteiger partial charge on any atom is 0.483 e. The Kier molecular flexibility index (Phi) is 2.45. The first-order valence-electron chi connectivity index (χ1n) is 3.46. The lowest BCUT2D eigenvalue weighted by Crippen LogP contribution is -2.21. The molecule has 0 heterocycles. The molecular formula is C7H7F3N2OS. The van der Waals surface area contributed by atoms with Gasteiger partial charge in [0.25, 0.3) is 0 Å². The number of nitrogen functional groups attached to an aromatic ring is 1. The lowest BCUT2D eigenvalue weighted by Gasteiger charge is -2.10. The molecule has 7 heteroatoms. The van der Waals surface area contributed by atoms with E-state index in [0.29, 0.717) is 0 Å². The number of anilines is 1. The van der Waals surface area contributed by atoms with Gasteiger partial charge in [-0.2, -0.15) is 13.2 Å². The van der Waals surface area contributed by atoms with Gasteiger partial charge < -0.3 is 5.73 Å². The van der Waals surface area contributed by atoms with E-state index >= 15 is 0 Å². The average molecular weight is 224 g/mol. The highest BCUT2D eigenvalue weighted by atomic mass is 32.2. The van der Waals surface area contributed by atoms with Crippen LogP contribution < -0.4 is 5.73 Å². The molecular weight excluding hydrogens is 217 g/mol. The minimum atomic E-state index is -5.05. The summed E-state index contributed by atoms with van der Waals surface area (Å²) >= 11 is 0. The van der Waals surface area contributed by atoms with Crippen molar-refractivity contribution in [2.75, 3.05) is 5.73 Å². The minimum absolute atomic E-state index is 0.256. The van der Waals surface area contributed by atoms with Crippen LogP contribution in [-0.2, 0) is 9.73 Å². The molecule has 1 aromatic carbocycles. The largest absolute Gasteiger partial charge is 0.483 e. The monoisotopic (exact) mass is 224 g/mol. The lowest BCUT2D eigenvalue weighted by molar-refractivity contribution is -0.0406. The zero-order chi connectivity index (χ0) is 11.0. The third-order valence-electron chi connectivity index (χ3n) is 1.54. The standard InChI is InChI=1S/C7H7F3N2OS/c8-7(9,10)14(12,13)6-3-1-5(11)2-4-6/h1-4,12H,11H2. The van der Waals surface area contributed by atoms with Crippen LogP contribution in [0.25, 0.3) is 0 Å². The topological polar surface area (TPSA) is 66.9 Å². The fourth-order valence-corrected chi connectivity index (χ4v) is 1.58. The van der Waals surface area contributed by atoms with Crippen molar-refractivity contribution in [1.82, 2.24) is 0 Å². The first kappa shape index (κ1) is 10.8. The number of benzene rings is 1. The third kappa shape index (κ3) is 1.82. The molecule has 0 saturated carbocycles. The molecule has 1 unspecified atom stereocenters. The molecule has 0 aliphatic carbocycles. The van der Waals surface area contributed by atoms with Crippen molar-refractivity contribution in [1.29, 1.82) is 4.78 Å². The molecule has 0 aliphatic heterocycles. The van der Waals surface area contributed by atoms with Crippen LogP contribution in [-0.4, -0.2) is 9.72 Å². The predicted octanol–water partition coefficient (Wildman–Crippen LogP) is 2.19. The highest BCUT2D eigenvalue weighted by Crippen LogP contribution is 2.30. The molecule has 0 radical (unpaired) electrons. The quantitative estimate of drug-likeness (QED) is 0.718. The van der Waals surface area contributed by atoms with Gasteiger partial charge in [0.05, 0.1) is 4.90 Å². The SMILES string of the molecule is N=S(=O)(c1ccc(N)cc1)C(F)(F)F. The van der Waals surface area contributed by atoms with Gasteiger partial charge in [0.2, 0.25) is 0 Å². The van der Waals surface area contributed by atoms with Gasteiger partial charge in [-0.25, -0.2) is 8.99 Å². The number of hydrogen-bond acceptors (Lipinski definition) is 3. The van der Waals surface area contributed by atoms with E-state index < -0.39 is 20.1 Å². The van der Waals surface area contributed by atoms with Gasteiger partial charge in [0.1, 0.15) is 0 Å². The van der Waals surface area contributed by atoms with E-state index in [4.69, 9.17) is 10.5 Å². The molecule has 1 aromatic rings. The zero-order valence-corrected chi connectivity index (χ0v) is 7.65. The van der Waals surface area contributed by atoms with Gasteiger partial charge in [0, 0.05) is 5.69 Å². The lowest BCUT2D eigenvalue weighted by atomic mass is 10.3. The molecule has 3 nitrogen and oxygen atoms in total. The van der Waals surface area contributed by atoms with E-state index in [1.54, 1.807) is 0 Å². The molecule has 0 aromatic heterocycles. The zero-order valence-electron chi connectivity index (χ0n) is 6.84. The summed E-state index contributed by atoms with van der Waals surface area (Å²) in [6.07, 6.45) is 0. The fourth-order valence-electron chi connectivity index (χ4n) is 0.793. The summed E-state index contributed by atoms with van der Waals surface area (Å²) in [5.74, 6) is 0. The normalized spacial score (nSPS) is 16.2. The van der Waals surface area contributed by atoms with Crippen LogP contribution in [0.15, 0.2) is 29.2 Å². The van der Waals surface area contributed by atoms with Crippen LogP contribution in [0.1, 0.15) is 0 Å². The Bertz CT molecular complexity index is 421. The summed E-state index contributed by atoms with van der Waals surface area (Å²) in [5.41, 5.74) is 0.447. The summed E-state index contributed by atoms with van der Waals surface area (Å²) < 4.78 is 54.1. The summed E-state index contributed by atoms with van der Waals surface area (Å²) in [6, 6.07) is 4.24. The molecule has 0 saturated heterocycles. The number of hydrogen-bond donors (Lipinski definition) is 2. The van der Waals surface area contributed by atoms with Crippen molar-refractivity contribution >= 4 is 15.4 Å². The van der Waals surface area contributed by atoms with E-state index in [2.05, 4.69) is 0 Å². The number of rotatable bonds is 1. The van der Waals surface area contributed by atoms with Crippen LogP contribution in [0.3, 0.4) is 0 Å². The first-order chi connectivity index (χ1) is 6.25. The smallest absolute Gasteiger partial charge is 0.399 e. The Balaban J connectivity index is 3.25. The van der Waals surface area contributed by atoms with Crippen molar-refractivity contribution in [3.63, 3.8) is 0 Å². The van der Waals surface area contributed by atoms with Crippen molar-refractivity contribution in [3.05, 3.63) is 24.3 Å². The molecule has 1 rings (SSSR count). The van der Waals surface area contributed by atoms with Crippen LogP contribution >= 0.6 is 0 Å². The van der Waals surface area contributed by atoms with Crippen molar-refractivity contribution in [2.24, 2.45) is 0 Å². The number of nitrogens with one attached hydrogen (secondary N) is 1. The Morgan fingerprint density at radius 2 is 1.64 bits per heavy atom. The minimum Gasteiger partial charge on any atom is -0.399 e. The Labute approximate surface area is 78.7 Å². The van der Waals surface area contributed by atoms with Gasteiger partial charge in [0.15, 0.2) is 9.73 Å². The first-order valence-corrected chi connectivity index (χ1v) is 5.01. The van der Waals surface area contributed by atoms with Gasteiger partial charge in [-0.05, 0) is 24.3 Å². The van der Waals surface area contributed by atoms with E-state index in [9.17, 15) is 17.4 Å². The number of nitrogens with two attached hydrogens (primary N) is 1. The second-order valence-electron chi connectivity index (χ2n) is 2.57. The van der Waals surface area contributed by atoms with Gasteiger partial charge in [-0.3, -0.25) is 0 Å². The molecule has 78 valence electrons. The van der Waals surface area contributed by atoms with Crippen molar-refractivity contribution < 1.29 is 17.4 Å². The molecule has 3 N–H and O–H groups in total.